The molecule has 2 rings (SSSR count). The minimum Gasteiger partial charge on any atom is -0.444 e. The van der Waals surface area contributed by atoms with E-state index >= 15 is 0 Å². The highest BCUT2D eigenvalue weighted by Gasteiger charge is 2.27. The molecular formula is C21H42IN5O2. The summed E-state index contributed by atoms with van der Waals surface area (Å²) in [5.41, 5.74) is -0.468. The second kappa shape index (κ2) is 12.8. The number of nitrogens with one attached hydrogen (secondary N) is 2. The smallest absolute Gasteiger partial charge is 0.407 e. The topological polar surface area (TPSA) is 69.2 Å². The van der Waals surface area contributed by atoms with Gasteiger partial charge in [0.1, 0.15) is 5.60 Å². The fourth-order valence-electron chi connectivity index (χ4n) is 3.92. The average molecular weight is 524 g/mol. The van der Waals surface area contributed by atoms with E-state index in [1.54, 1.807) is 0 Å². The fraction of sp³-hybridized carbons (Fsp3) is 0.905. The standard InChI is InChI=1S/C21H41N5O2.HI/c1-6-22-19(23-12-9-14-25-13-8-7-10-17(25)2)26-15-11-18(16-26)24-20(27)28-21(3,4)5;/h17-18H,6-16H2,1-5H3,(H,22,23)(H,24,27);1H. The van der Waals surface area contributed by atoms with Gasteiger partial charge in [0, 0.05) is 38.8 Å². The van der Waals surface area contributed by atoms with Gasteiger partial charge in [-0.05, 0) is 66.8 Å². The number of amides is 1. The van der Waals surface area contributed by atoms with E-state index in [4.69, 9.17) is 9.73 Å². The molecule has 0 aromatic heterocycles. The molecule has 2 N–H and O–H groups in total. The van der Waals surface area contributed by atoms with E-state index < -0.39 is 5.60 Å². The Morgan fingerprint density at radius 1 is 1.21 bits per heavy atom. The molecule has 0 saturated carbocycles. The summed E-state index contributed by atoms with van der Waals surface area (Å²) in [7, 11) is 0. The van der Waals surface area contributed by atoms with Crippen LogP contribution in [0, 0.1) is 0 Å². The van der Waals surface area contributed by atoms with Crippen molar-refractivity contribution in [2.45, 2.75) is 84.4 Å². The van der Waals surface area contributed by atoms with Gasteiger partial charge in [-0.15, -0.1) is 24.0 Å². The summed E-state index contributed by atoms with van der Waals surface area (Å²) in [6, 6.07) is 0.817. The molecule has 0 spiro atoms. The van der Waals surface area contributed by atoms with Gasteiger partial charge in [0.2, 0.25) is 0 Å². The monoisotopic (exact) mass is 523 g/mol. The largest absolute Gasteiger partial charge is 0.444 e. The summed E-state index contributed by atoms with van der Waals surface area (Å²) in [5, 5.41) is 6.39. The first-order valence-electron chi connectivity index (χ1n) is 11.1. The van der Waals surface area contributed by atoms with Crippen LogP contribution in [-0.4, -0.2) is 78.8 Å². The Morgan fingerprint density at radius 3 is 2.62 bits per heavy atom. The van der Waals surface area contributed by atoms with Gasteiger partial charge < -0.3 is 25.2 Å². The summed E-state index contributed by atoms with van der Waals surface area (Å²) >= 11 is 0. The third-order valence-corrected chi connectivity index (χ3v) is 5.35. The Kier molecular flexibility index (Phi) is 11.6. The number of piperidine rings is 1. The first-order chi connectivity index (χ1) is 13.3. The van der Waals surface area contributed by atoms with Gasteiger partial charge in [-0.2, -0.15) is 0 Å². The molecule has 2 atom stereocenters. The Hall–Kier alpha value is -0.770. The van der Waals surface area contributed by atoms with Crippen molar-refractivity contribution < 1.29 is 9.53 Å². The molecule has 0 radical (unpaired) electrons. The Morgan fingerprint density at radius 2 is 1.97 bits per heavy atom. The molecule has 2 aliphatic heterocycles. The van der Waals surface area contributed by atoms with E-state index in [-0.39, 0.29) is 36.1 Å². The molecule has 2 aliphatic rings. The number of rotatable bonds is 6. The molecule has 0 aliphatic carbocycles. The van der Waals surface area contributed by atoms with Crippen molar-refractivity contribution in [3.05, 3.63) is 0 Å². The fourth-order valence-corrected chi connectivity index (χ4v) is 3.92. The van der Waals surface area contributed by atoms with E-state index in [1.807, 2.05) is 20.8 Å². The van der Waals surface area contributed by atoms with Crippen LogP contribution in [-0.2, 0) is 4.74 Å². The molecule has 1 amide bonds. The number of carbonyl (C=O) groups excluding carboxylic acids is 1. The lowest BCUT2D eigenvalue weighted by atomic mass is 10.0. The summed E-state index contributed by atoms with van der Waals surface area (Å²) in [5.74, 6) is 0.961. The van der Waals surface area contributed by atoms with Crippen LogP contribution in [0.3, 0.4) is 0 Å². The zero-order chi connectivity index (χ0) is 20.6. The maximum atomic E-state index is 12.0. The van der Waals surface area contributed by atoms with E-state index in [9.17, 15) is 4.79 Å². The molecule has 29 heavy (non-hydrogen) atoms. The van der Waals surface area contributed by atoms with Crippen LogP contribution < -0.4 is 10.6 Å². The maximum Gasteiger partial charge on any atom is 0.407 e. The van der Waals surface area contributed by atoms with Gasteiger partial charge in [0.25, 0.3) is 0 Å². The minimum absolute atomic E-state index is 0. The number of ether oxygens (including phenoxy) is 1. The van der Waals surface area contributed by atoms with Crippen molar-refractivity contribution in [1.29, 1.82) is 0 Å². The summed E-state index contributed by atoms with van der Waals surface area (Å²) in [6.45, 7) is 15.8. The highest BCUT2D eigenvalue weighted by molar-refractivity contribution is 14.0. The van der Waals surface area contributed by atoms with Gasteiger partial charge in [-0.25, -0.2) is 4.79 Å². The molecule has 7 nitrogen and oxygen atoms in total. The minimum atomic E-state index is -0.468. The number of aliphatic imine (C=N–C) groups is 1. The zero-order valence-electron chi connectivity index (χ0n) is 19.0. The lowest BCUT2D eigenvalue weighted by Gasteiger charge is -2.33. The van der Waals surface area contributed by atoms with E-state index in [1.165, 1.54) is 25.8 Å². The number of guanidine groups is 1. The molecule has 2 heterocycles. The van der Waals surface area contributed by atoms with E-state index in [0.29, 0.717) is 6.04 Å². The summed E-state index contributed by atoms with van der Waals surface area (Å²) < 4.78 is 5.37. The number of hydrogen-bond donors (Lipinski definition) is 2. The number of hydrogen-bond acceptors (Lipinski definition) is 4. The van der Waals surface area contributed by atoms with Crippen LogP contribution in [0.5, 0.6) is 0 Å². The first kappa shape index (κ1) is 26.3. The second-order valence-corrected chi connectivity index (χ2v) is 9.05. The molecule has 8 heteroatoms. The van der Waals surface area contributed by atoms with E-state index in [0.717, 1.165) is 51.5 Å². The van der Waals surface area contributed by atoms with Crippen molar-refractivity contribution >= 4 is 36.0 Å². The van der Waals surface area contributed by atoms with Crippen molar-refractivity contribution in [1.82, 2.24) is 20.4 Å². The molecule has 2 fully saturated rings. The molecular weight excluding hydrogens is 481 g/mol. The number of nitrogens with zero attached hydrogens (tertiary/aromatic N) is 3. The number of alkyl carbamates (subject to hydrolysis) is 1. The van der Waals surface area contributed by atoms with Crippen molar-refractivity contribution in [2.75, 3.05) is 39.3 Å². The lowest BCUT2D eigenvalue weighted by molar-refractivity contribution is 0.0507. The van der Waals surface area contributed by atoms with Gasteiger partial charge in [-0.3, -0.25) is 4.99 Å². The van der Waals surface area contributed by atoms with Crippen molar-refractivity contribution in [2.24, 2.45) is 4.99 Å². The van der Waals surface area contributed by atoms with Gasteiger partial charge in [0.15, 0.2) is 5.96 Å². The number of carbonyl (C=O) groups is 1. The average Bonchev–Trinajstić information content (AvgIpc) is 3.05. The maximum absolute atomic E-state index is 12.0. The second-order valence-electron chi connectivity index (χ2n) is 9.05. The van der Waals surface area contributed by atoms with E-state index in [2.05, 4.69) is 34.3 Å². The normalized spacial score (nSPS) is 23.5. The Bertz CT molecular complexity index is 524. The van der Waals surface area contributed by atoms with Gasteiger partial charge in [-0.1, -0.05) is 6.42 Å². The summed E-state index contributed by atoms with van der Waals surface area (Å²) in [4.78, 5) is 21.7. The van der Waals surface area contributed by atoms with Crippen LogP contribution in [0.1, 0.15) is 66.7 Å². The van der Waals surface area contributed by atoms with Crippen LogP contribution in [0.2, 0.25) is 0 Å². The van der Waals surface area contributed by atoms with Crippen LogP contribution >= 0.6 is 24.0 Å². The lowest BCUT2D eigenvalue weighted by Crippen LogP contribution is -2.44. The number of likely N-dealkylation sites (tertiary alicyclic amines) is 2. The molecule has 170 valence electrons. The molecule has 0 aromatic carbocycles. The van der Waals surface area contributed by atoms with Crippen LogP contribution in [0.15, 0.2) is 4.99 Å². The predicted molar refractivity (Wildman–Crippen MR) is 130 cm³/mol. The highest BCUT2D eigenvalue weighted by Crippen LogP contribution is 2.16. The molecule has 0 bridgehead atoms. The quantitative estimate of drug-likeness (QED) is 0.242. The van der Waals surface area contributed by atoms with Gasteiger partial charge >= 0.3 is 6.09 Å². The molecule has 2 unspecified atom stereocenters. The van der Waals surface area contributed by atoms with Gasteiger partial charge in [0.05, 0.1) is 6.04 Å². The Balaban J connectivity index is 0.00000420. The third kappa shape index (κ3) is 9.72. The highest BCUT2D eigenvalue weighted by atomic mass is 127. The first-order valence-corrected chi connectivity index (χ1v) is 11.1. The SMILES string of the molecule is CCNC(=NCCCN1CCCCC1C)N1CCC(NC(=O)OC(C)(C)C)C1.I. The zero-order valence-corrected chi connectivity index (χ0v) is 21.3. The van der Waals surface area contributed by atoms with Crippen molar-refractivity contribution in [3.8, 4) is 0 Å². The molecule has 0 aromatic rings. The summed E-state index contributed by atoms with van der Waals surface area (Å²) in [6.07, 6.45) is 5.69. The Labute approximate surface area is 194 Å². The third-order valence-electron chi connectivity index (χ3n) is 5.35. The van der Waals surface area contributed by atoms with Crippen LogP contribution in [0.4, 0.5) is 4.79 Å². The predicted octanol–water partition coefficient (Wildman–Crippen LogP) is 3.43. The van der Waals surface area contributed by atoms with Crippen LogP contribution in [0.25, 0.3) is 0 Å². The number of halogens is 1. The van der Waals surface area contributed by atoms with Crippen molar-refractivity contribution in [3.63, 3.8) is 0 Å². The molecule has 2 saturated heterocycles.